The molecule has 0 N–H and O–H groups in total. The molecule has 0 aromatic heterocycles. The number of carbonyl (C=O) groups is 1. The highest BCUT2D eigenvalue weighted by Crippen LogP contribution is 2.13. The molecule has 0 aromatic rings. The van der Waals surface area contributed by atoms with Crippen LogP contribution in [0.5, 0.6) is 0 Å². The van der Waals surface area contributed by atoms with Crippen LogP contribution in [0, 0.1) is 0 Å². The van der Waals surface area contributed by atoms with Crippen molar-refractivity contribution in [3.05, 3.63) is 12.2 Å². The molecule has 1 saturated heterocycles. The summed E-state index contributed by atoms with van der Waals surface area (Å²) in [5.41, 5.74) is 0.413. The minimum Gasteiger partial charge on any atom is -0.432 e. The van der Waals surface area contributed by atoms with Crippen molar-refractivity contribution in [3.8, 4) is 0 Å². The third kappa shape index (κ3) is 1.57. The maximum absolute atomic E-state index is 10.7. The van der Waals surface area contributed by atoms with Crippen molar-refractivity contribution in [3.63, 3.8) is 0 Å². The third-order valence-electron chi connectivity index (χ3n) is 1.24. The molecule has 0 saturated carbocycles. The van der Waals surface area contributed by atoms with Crippen LogP contribution in [0.15, 0.2) is 12.2 Å². The molecule has 0 amide bonds. The predicted molar refractivity (Wildman–Crippen MR) is 35.3 cm³/mol. The van der Waals surface area contributed by atoms with Gasteiger partial charge in [0.1, 0.15) is 0 Å². The molecule has 0 aromatic carbocycles. The van der Waals surface area contributed by atoms with E-state index in [0.717, 1.165) is 6.42 Å². The maximum Gasteiger partial charge on any atom is 0.335 e. The Morgan fingerprint density at radius 3 is 2.70 bits per heavy atom. The lowest BCUT2D eigenvalue weighted by atomic mass is 10.3. The van der Waals surface area contributed by atoms with E-state index in [2.05, 4.69) is 6.58 Å². The molecule has 1 fully saturated rings. The van der Waals surface area contributed by atoms with Crippen molar-refractivity contribution in [2.45, 2.75) is 19.6 Å². The van der Waals surface area contributed by atoms with Gasteiger partial charge in [0.25, 0.3) is 0 Å². The molecular weight excluding hydrogens is 132 g/mol. The second-order valence-electron chi connectivity index (χ2n) is 2.27. The Balaban J connectivity index is 2.23. The zero-order chi connectivity index (χ0) is 7.56. The van der Waals surface area contributed by atoms with Gasteiger partial charge in [-0.15, -0.1) is 0 Å². The summed E-state index contributed by atoms with van der Waals surface area (Å²) >= 11 is 0. The number of hydrogen-bond donors (Lipinski definition) is 0. The first-order chi connectivity index (χ1) is 4.70. The number of esters is 1. The summed E-state index contributed by atoms with van der Waals surface area (Å²) in [6.45, 7) is 5.74. The van der Waals surface area contributed by atoms with Gasteiger partial charge in [0.15, 0.2) is 0 Å². The molecule has 0 bridgehead atoms. The Morgan fingerprint density at radius 2 is 2.40 bits per heavy atom. The minimum absolute atomic E-state index is 0.316. The molecule has 56 valence electrons. The summed E-state index contributed by atoms with van der Waals surface area (Å²) in [6.07, 6.45) is 0.489. The van der Waals surface area contributed by atoms with Gasteiger partial charge < -0.3 is 9.47 Å². The van der Waals surface area contributed by atoms with Gasteiger partial charge in [-0.2, -0.15) is 0 Å². The van der Waals surface area contributed by atoms with E-state index in [1.165, 1.54) is 0 Å². The second-order valence-corrected chi connectivity index (χ2v) is 2.27. The molecule has 3 nitrogen and oxygen atoms in total. The van der Waals surface area contributed by atoms with E-state index in [4.69, 9.17) is 9.47 Å². The van der Waals surface area contributed by atoms with Crippen molar-refractivity contribution in [1.29, 1.82) is 0 Å². The SMILES string of the molecule is C=C(C)C(=O)OC1CCO1. The summed E-state index contributed by atoms with van der Waals surface area (Å²) in [5, 5.41) is 0. The lowest BCUT2D eigenvalue weighted by molar-refractivity contribution is -0.212. The van der Waals surface area contributed by atoms with E-state index in [-0.39, 0.29) is 12.3 Å². The lowest BCUT2D eigenvalue weighted by Gasteiger charge is -2.25. The summed E-state index contributed by atoms with van der Waals surface area (Å²) in [7, 11) is 0. The van der Waals surface area contributed by atoms with E-state index in [1.54, 1.807) is 6.92 Å². The molecule has 1 unspecified atom stereocenters. The Kier molecular flexibility index (Phi) is 2.06. The number of ether oxygens (including phenoxy) is 2. The molecule has 0 spiro atoms. The topological polar surface area (TPSA) is 35.5 Å². The van der Waals surface area contributed by atoms with Gasteiger partial charge >= 0.3 is 5.97 Å². The first-order valence-corrected chi connectivity index (χ1v) is 3.18. The van der Waals surface area contributed by atoms with Gasteiger partial charge in [-0.05, 0) is 6.92 Å². The van der Waals surface area contributed by atoms with Gasteiger partial charge in [0.05, 0.1) is 6.61 Å². The highest BCUT2D eigenvalue weighted by molar-refractivity contribution is 5.87. The van der Waals surface area contributed by atoms with E-state index in [9.17, 15) is 4.79 Å². The first kappa shape index (κ1) is 7.28. The normalized spacial score (nSPS) is 23.1. The molecule has 1 atom stereocenters. The average molecular weight is 142 g/mol. The van der Waals surface area contributed by atoms with Crippen LogP contribution < -0.4 is 0 Å². The van der Waals surface area contributed by atoms with Crippen LogP contribution in [-0.4, -0.2) is 18.9 Å². The van der Waals surface area contributed by atoms with Crippen LogP contribution in [0.4, 0.5) is 0 Å². The van der Waals surface area contributed by atoms with Gasteiger partial charge in [-0.3, -0.25) is 0 Å². The zero-order valence-corrected chi connectivity index (χ0v) is 5.92. The second kappa shape index (κ2) is 2.84. The monoisotopic (exact) mass is 142 g/mol. The quantitative estimate of drug-likeness (QED) is 0.423. The third-order valence-corrected chi connectivity index (χ3v) is 1.24. The predicted octanol–water partition coefficient (Wildman–Crippen LogP) is 0.852. The molecule has 10 heavy (non-hydrogen) atoms. The van der Waals surface area contributed by atoms with E-state index in [1.807, 2.05) is 0 Å². The fourth-order valence-corrected chi connectivity index (χ4v) is 0.527. The molecule has 1 rings (SSSR count). The van der Waals surface area contributed by atoms with Gasteiger partial charge in [0, 0.05) is 12.0 Å². The van der Waals surface area contributed by atoms with E-state index >= 15 is 0 Å². The standard InChI is InChI=1S/C7H10O3/c1-5(2)7(8)10-6-3-4-9-6/h6H,1,3-4H2,2H3. The Morgan fingerprint density at radius 1 is 1.80 bits per heavy atom. The first-order valence-electron chi connectivity index (χ1n) is 3.18. The Labute approximate surface area is 59.6 Å². The largest absolute Gasteiger partial charge is 0.432 e. The van der Waals surface area contributed by atoms with Crippen LogP contribution in [-0.2, 0) is 14.3 Å². The van der Waals surface area contributed by atoms with Crippen LogP contribution >= 0.6 is 0 Å². The Hall–Kier alpha value is -0.830. The van der Waals surface area contributed by atoms with Crippen molar-refractivity contribution < 1.29 is 14.3 Å². The fourth-order valence-electron chi connectivity index (χ4n) is 0.527. The van der Waals surface area contributed by atoms with E-state index < -0.39 is 0 Å². The molecule has 0 aliphatic carbocycles. The maximum atomic E-state index is 10.7. The molecule has 1 aliphatic rings. The van der Waals surface area contributed by atoms with Crippen molar-refractivity contribution >= 4 is 5.97 Å². The van der Waals surface area contributed by atoms with Crippen molar-refractivity contribution in [1.82, 2.24) is 0 Å². The van der Waals surface area contributed by atoms with Gasteiger partial charge in [-0.1, -0.05) is 6.58 Å². The molecule has 3 heteroatoms. The van der Waals surface area contributed by atoms with Crippen LogP contribution in [0.25, 0.3) is 0 Å². The van der Waals surface area contributed by atoms with Crippen LogP contribution in [0.3, 0.4) is 0 Å². The van der Waals surface area contributed by atoms with Crippen molar-refractivity contribution in [2.75, 3.05) is 6.61 Å². The smallest absolute Gasteiger partial charge is 0.335 e. The number of carbonyl (C=O) groups excluding carboxylic acids is 1. The van der Waals surface area contributed by atoms with Crippen LogP contribution in [0.2, 0.25) is 0 Å². The molecule has 1 heterocycles. The fraction of sp³-hybridized carbons (Fsp3) is 0.571. The van der Waals surface area contributed by atoms with Crippen LogP contribution in [0.1, 0.15) is 13.3 Å². The molecule has 0 radical (unpaired) electrons. The van der Waals surface area contributed by atoms with E-state index in [0.29, 0.717) is 12.2 Å². The number of hydrogen-bond acceptors (Lipinski definition) is 3. The summed E-state index contributed by atoms with van der Waals surface area (Å²) in [5.74, 6) is -0.371. The van der Waals surface area contributed by atoms with Gasteiger partial charge in [0.2, 0.25) is 6.29 Å². The molecular formula is C7H10O3. The minimum atomic E-state index is -0.371. The molecule has 1 aliphatic heterocycles. The summed E-state index contributed by atoms with van der Waals surface area (Å²) in [4.78, 5) is 10.7. The Bertz CT molecular complexity index is 158. The average Bonchev–Trinajstić information content (AvgIpc) is 1.77. The summed E-state index contributed by atoms with van der Waals surface area (Å²) in [6, 6.07) is 0. The highest BCUT2D eigenvalue weighted by atomic mass is 16.7. The zero-order valence-electron chi connectivity index (χ0n) is 5.92. The van der Waals surface area contributed by atoms with Crippen molar-refractivity contribution in [2.24, 2.45) is 0 Å². The summed E-state index contributed by atoms with van der Waals surface area (Å²) < 4.78 is 9.65. The lowest BCUT2D eigenvalue weighted by Crippen LogP contribution is -2.31. The number of rotatable bonds is 2. The highest BCUT2D eigenvalue weighted by Gasteiger charge is 2.22. The van der Waals surface area contributed by atoms with Gasteiger partial charge in [-0.25, -0.2) is 4.79 Å².